The van der Waals surface area contributed by atoms with Gasteiger partial charge >= 0.3 is 0 Å². The molecule has 6 nitrogen and oxygen atoms in total. The molecule has 144 valence electrons. The Labute approximate surface area is 159 Å². The molecule has 0 amide bonds. The summed E-state index contributed by atoms with van der Waals surface area (Å²) in [5.74, 6) is 1.79. The molecule has 2 heterocycles. The number of benzene rings is 2. The van der Waals surface area contributed by atoms with E-state index in [-0.39, 0.29) is 11.5 Å². The third kappa shape index (κ3) is 3.67. The van der Waals surface area contributed by atoms with Crippen molar-refractivity contribution in [2.45, 2.75) is 36.7 Å². The molecule has 2 aliphatic heterocycles. The number of para-hydroxylation sites is 1. The molecule has 1 atom stereocenters. The average Bonchev–Trinajstić information content (AvgIpc) is 2.66. The summed E-state index contributed by atoms with van der Waals surface area (Å²) in [6, 6.07) is 10.6. The van der Waals surface area contributed by atoms with E-state index in [0.29, 0.717) is 17.2 Å². The van der Waals surface area contributed by atoms with Crippen LogP contribution in [0.3, 0.4) is 0 Å². The number of fused-ring (bicyclic) bond motifs is 1. The predicted octanol–water partition coefficient (Wildman–Crippen LogP) is 3.22. The van der Waals surface area contributed by atoms with Gasteiger partial charge in [0.15, 0.2) is 17.6 Å². The molecule has 1 fully saturated rings. The first-order chi connectivity index (χ1) is 12.9. The highest BCUT2D eigenvalue weighted by atomic mass is 32.2. The van der Waals surface area contributed by atoms with E-state index >= 15 is 0 Å². The van der Waals surface area contributed by atoms with Crippen LogP contribution < -0.4 is 14.8 Å². The number of nitrogens with one attached hydrogen (secondary N) is 1. The van der Waals surface area contributed by atoms with E-state index in [0.717, 1.165) is 42.8 Å². The Balaban J connectivity index is 1.68. The maximum atomic E-state index is 11.8. The van der Waals surface area contributed by atoms with Gasteiger partial charge in [0.05, 0.1) is 0 Å². The molecular formula is C20H23NO5S. The first kappa shape index (κ1) is 18.3. The summed E-state index contributed by atoms with van der Waals surface area (Å²) in [5.41, 5.74) is 2.44. The van der Waals surface area contributed by atoms with Crippen LogP contribution in [0.15, 0.2) is 41.3 Å². The second kappa shape index (κ2) is 7.14. The molecule has 0 saturated carbocycles. The SMILES string of the molecule is Cc1ccc(S(=O)(=O)O)c(C2COc3c(cccc3C3CCNCC3)O2)c1. The Morgan fingerprint density at radius 3 is 2.63 bits per heavy atom. The molecule has 27 heavy (non-hydrogen) atoms. The number of hydrogen-bond donors (Lipinski definition) is 2. The topological polar surface area (TPSA) is 84.9 Å². The van der Waals surface area contributed by atoms with Crippen molar-refractivity contribution < 1.29 is 22.4 Å². The Kier molecular flexibility index (Phi) is 4.84. The summed E-state index contributed by atoms with van der Waals surface area (Å²) < 4.78 is 45.3. The molecule has 0 bridgehead atoms. The molecule has 4 rings (SSSR count). The van der Waals surface area contributed by atoms with Crippen LogP contribution in [-0.4, -0.2) is 32.7 Å². The number of piperidine rings is 1. The van der Waals surface area contributed by atoms with Crippen LogP contribution in [0.2, 0.25) is 0 Å². The Morgan fingerprint density at radius 1 is 1.11 bits per heavy atom. The normalized spacial score (nSPS) is 20.4. The first-order valence-corrected chi connectivity index (χ1v) is 10.6. The molecule has 2 aliphatic rings. The van der Waals surface area contributed by atoms with Crippen LogP contribution in [0.5, 0.6) is 11.5 Å². The zero-order chi connectivity index (χ0) is 19.0. The second-order valence-corrected chi connectivity index (χ2v) is 8.52. The van der Waals surface area contributed by atoms with Gasteiger partial charge in [0.2, 0.25) is 0 Å². The highest BCUT2D eigenvalue weighted by Crippen LogP contribution is 2.44. The quantitative estimate of drug-likeness (QED) is 0.784. The van der Waals surface area contributed by atoms with Crippen LogP contribution in [0.1, 0.15) is 41.6 Å². The van der Waals surface area contributed by atoms with E-state index in [1.165, 1.54) is 6.07 Å². The second-order valence-electron chi connectivity index (χ2n) is 7.13. The molecule has 0 spiro atoms. The van der Waals surface area contributed by atoms with Crippen molar-refractivity contribution in [3.63, 3.8) is 0 Å². The number of aryl methyl sites for hydroxylation is 1. The largest absolute Gasteiger partial charge is 0.485 e. The smallest absolute Gasteiger partial charge is 0.294 e. The zero-order valence-electron chi connectivity index (χ0n) is 15.1. The maximum absolute atomic E-state index is 11.8. The van der Waals surface area contributed by atoms with E-state index in [2.05, 4.69) is 11.4 Å². The van der Waals surface area contributed by atoms with Crippen molar-refractivity contribution in [3.8, 4) is 11.5 Å². The zero-order valence-corrected chi connectivity index (χ0v) is 16.0. The van der Waals surface area contributed by atoms with Crippen LogP contribution in [0.25, 0.3) is 0 Å². The monoisotopic (exact) mass is 389 g/mol. The fraction of sp³-hybridized carbons (Fsp3) is 0.400. The summed E-state index contributed by atoms with van der Waals surface area (Å²) in [6.45, 7) is 4.03. The van der Waals surface area contributed by atoms with E-state index in [1.807, 2.05) is 19.1 Å². The summed E-state index contributed by atoms with van der Waals surface area (Å²) >= 11 is 0. The van der Waals surface area contributed by atoms with E-state index < -0.39 is 16.2 Å². The molecule has 2 aromatic carbocycles. The van der Waals surface area contributed by atoms with Crippen molar-refractivity contribution in [1.29, 1.82) is 0 Å². The molecule has 2 aromatic rings. The van der Waals surface area contributed by atoms with Crippen LogP contribution >= 0.6 is 0 Å². The lowest BCUT2D eigenvalue weighted by Crippen LogP contribution is -2.28. The van der Waals surface area contributed by atoms with Crippen molar-refractivity contribution in [1.82, 2.24) is 5.32 Å². The molecule has 7 heteroatoms. The summed E-state index contributed by atoms with van der Waals surface area (Å²) in [4.78, 5) is -0.139. The van der Waals surface area contributed by atoms with Gasteiger partial charge in [-0.2, -0.15) is 8.42 Å². The van der Waals surface area contributed by atoms with Crippen molar-refractivity contribution >= 4 is 10.1 Å². The van der Waals surface area contributed by atoms with Crippen molar-refractivity contribution in [2.75, 3.05) is 19.7 Å². The lowest BCUT2D eigenvalue weighted by molar-refractivity contribution is 0.0875. The van der Waals surface area contributed by atoms with Gasteiger partial charge in [0.1, 0.15) is 11.5 Å². The van der Waals surface area contributed by atoms with Crippen LogP contribution in [-0.2, 0) is 10.1 Å². The van der Waals surface area contributed by atoms with Crippen molar-refractivity contribution in [2.24, 2.45) is 0 Å². The van der Waals surface area contributed by atoms with Gasteiger partial charge in [0, 0.05) is 11.1 Å². The number of hydrogen-bond acceptors (Lipinski definition) is 5. The molecule has 0 radical (unpaired) electrons. The number of ether oxygens (including phenoxy) is 2. The summed E-state index contributed by atoms with van der Waals surface area (Å²) in [7, 11) is -4.34. The molecule has 0 aromatic heterocycles. The van der Waals surface area contributed by atoms with Crippen molar-refractivity contribution in [3.05, 3.63) is 53.1 Å². The highest BCUT2D eigenvalue weighted by Gasteiger charge is 2.31. The highest BCUT2D eigenvalue weighted by molar-refractivity contribution is 7.85. The maximum Gasteiger partial charge on any atom is 0.294 e. The average molecular weight is 389 g/mol. The van der Waals surface area contributed by atoms with Gasteiger partial charge in [-0.3, -0.25) is 4.55 Å². The Morgan fingerprint density at radius 2 is 1.89 bits per heavy atom. The minimum atomic E-state index is -4.34. The van der Waals surface area contributed by atoms with Gasteiger partial charge in [-0.05, 0) is 50.9 Å². The summed E-state index contributed by atoms with van der Waals surface area (Å²) in [5, 5.41) is 3.37. The minimum absolute atomic E-state index is 0.139. The lowest BCUT2D eigenvalue weighted by Gasteiger charge is -2.32. The molecule has 1 saturated heterocycles. The van der Waals surface area contributed by atoms with E-state index in [1.54, 1.807) is 12.1 Å². The van der Waals surface area contributed by atoms with Gasteiger partial charge in [0.25, 0.3) is 10.1 Å². The van der Waals surface area contributed by atoms with Crippen LogP contribution in [0.4, 0.5) is 0 Å². The van der Waals surface area contributed by atoms with Gasteiger partial charge in [-0.1, -0.05) is 29.8 Å². The Hall–Kier alpha value is -2.09. The molecule has 2 N–H and O–H groups in total. The fourth-order valence-electron chi connectivity index (χ4n) is 3.89. The molecular weight excluding hydrogens is 366 g/mol. The van der Waals surface area contributed by atoms with Gasteiger partial charge < -0.3 is 14.8 Å². The first-order valence-electron chi connectivity index (χ1n) is 9.14. The van der Waals surface area contributed by atoms with E-state index in [4.69, 9.17) is 9.47 Å². The fourth-order valence-corrected chi connectivity index (χ4v) is 4.62. The Bertz CT molecular complexity index is 951. The summed E-state index contributed by atoms with van der Waals surface area (Å²) in [6.07, 6.45) is 1.50. The standard InChI is InChI=1S/C20H23NO5S/c1-13-5-6-19(27(22,23)24)16(11-13)18-12-25-20-15(3-2-4-17(20)26-18)14-7-9-21-10-8-14/h2-6,11,14,18,21H,7-10,12H2,1H3,(H,22,23,24). The van der Waals surface area contributed by atoms with Gasteiger partial charge in [-0.15, -0.1) is 0 Å². The lowest BCUT2D eigenvalue weighted by atomic mass is 9.89. The third-order valence-electron chi connectivity index (χ3n) is 5.23. The van der Waals surface area contributed by atoms with Gasteiger partial charge in [-0.25, -0.2) is 0 Å². The number of rotatable bonds is 3. The van der Waals surface area contributed by atoms with E-state index in [9.17, 15) is 13.0 Å². The minimum Gasteiger partial charge on any atom is -0.485 e. The third-order valence-corrected chi connectivity index (χ3v) is 6.15. The molecule has 0 aliphatic carbocycles. The predicted molar refractivity (Wildman–Crippen MR) is 101 cm³/mol. The molecule has 1 unspecified atom stereocenters. The van der Waals surface area contributed by atoms with Crippen LogP contribution in [0, 0.1) is 6.92 Å².